The highest BCUT2D eigenvalue weighted by Gasteiger charge is 2.26. The Kier molecular flexibility index (Phi) is 2.68. The van der Waals surface area contributed by atoms with E-state index in [4.69, 9.17) is 14.6 Å². The van der Waals surface area contributed by atoms with Crippen molar-refractivity contribution in [1.29, 1.82) is 0 Å². The number of ether oxygens (including phenoxy) is 2. The summed E-state index contributed by atoms with van der Waals surface area (Å²) in [4.78, 5) is 10.7. The van der Waals surface area contributed by atoms with Crippen LogP contribution in [0.3, 0.4) is 0 Å². The van der Waals surface area contributed by atoms with Crippen LogP contribution in [0.1, 0.15) is 17.3 Å². The van der Waals surface area contributed by atoms with E-state index >= 15 is 0 Å². The maximum Gasteiger partial charge on any atom is 0.335 e. The van der Waals surface area contributed by atoms with Gasteiger partial charge in [-0.3, -0.25) is 0 Å². The third-order valence-corrected chi connectivity index (χ3v) is 2.38. The Morgan fingerprint density at radius 2 is 2.31 bits per heavy atom. The summed E-state index contributed by atoms with van der Waals surface area (Å²) >= 11 is 0. The Morgan fingerprint density at radius 3 is 2.94 bits per heavy atom. The van der Waals surface area contributed by atoms with E-state index in [1.54, 1.807) is 0 Å². The predicted molar refractivity (Wildman–Crippen MR) is 53.9 cm³/mol. The van der Waals surface area contributed by atoms with E-state index in [9.17, 15) is 9.18 Å². The molecule has 1 aliphatic heterocycles. The molecule has 1 aromatic carbocycles. The van der Waals surface area contributed by atoms with Gasteiger partial charge >= 0.3 is 5.97 Å². The lowest BCUT2D eigenvalue weighted by Gasteiger charge is -2.27. The van der Waals surface area contributed by atoms with Crippen molar-refractivity contribution in [3.8, 4) is 11.5 Å². The van der Waals surface area contributed by atoms with Crippen LogP contribution in [0.4, 0.5) is 4.39 Å². The smallest absolute Gasteiger partial charge is 0.335 e. The first-order chi connectivity index (χ1) is 7.58. The molecule has 0 bridgehead atoms. The van der Waals surface area contributed by atoms with Crippen LogP contribution in [0.25, 0.3) is 0 Å². The van der Waals surface area contributed by atoms with E-state index in [-0.39, 0.29) is 17.9 Å². The van der Waals surface area contributed by atoms with Crippen molar-refractivity contribution in [2.75, 3.05) is 6.61 Å². The highest BCUT2D eigenvalue weighted by atomic mass is 19.1. The average Bonchev–Trinajstić information content (AvgIpc) is 2.27. The molecule has 1 aliphatic rings. The fraction of sp³-hybridized carbons (Fsp3) is 0.364. The number of carboxylic acids is 1. The van der Waals surface area contributed by atoms with Gasteiger partial charge in [0, 0.05) is 0 Å². The first-order valence-electron chi connectivity index (χ1n) is 4.89. The van der Waals surface area contributed by atoms with E-state index in [0.717, 1.165) is 0 Å². The first-order valence-corrected chi connectivity index (χ1v) is 4.89. The van der Waals surface area contributed by atoms with E-state index in [1.807, 2.05) is 0 Å². The Balaban J connectivity index is 2.28. The summed E-state index contributed by atoms with van der Waals surface area (Å²) in [5.74, 6) is -0.329. The molecular formula is C11H11FO4. The van der Waals surface area contributed by atoms with Gasteiger partial charge in [0.1, 0.15) is 12.8 Å². The van der Waals surface area contributed by atoms with Gasteiger partial charge in [-0.2, -0.15) is 0 Å². The van der Waals surface area contributed by atoms with Crippen LogP contribution in [0.5, 0.6) is 11.5 Å². The standard InChI is InChI=1S/C11H11FO4/c1-6(12)10-5-15-8-3-2-7(11(13)14)4-9(8)16-10/h2-4,6,10H,5H2,1H3,(H,13,14). The molecule has 4 nitrogen and oxygen atoms in total. The molecule has 0 fully saturated rings. The monoisotopic (exact) mass is 226 g/mol. The van der Waals surface area contributed by atoms with E-state index < -0.39 is 18.2 Å². The second kappa shape index (κ2) is 4.00. The van der Waals surface area contributed by atoms with Crippen molar-refractivity contribution in [2.45, 2.75) is 19.2 Å². The fourth-order valence-electron chi connectivity index (χ4n) is 1.45. The molecule has 2 unspecified atom stereocenters. The number of hydrogen-bond acceptors (Lipinski definition) is 3. The number of rotatable bonds is 2. The molecule has 0 saturated carbocycles. The summed E-state index contributed by atoms with van der Waals surface area (Å²) in [5.41, 5.74) is 0.0921. The minimum Gasteiger partial charge on any atom is -0.486 e. The van der Waals surface area contributed by atoms with Crippen LogP contribution in [0, 0.1) is 0 Å². The average molecular weight is 226 g/mol. The summed E-state index contributed by atoms with van der Waals surface area (Å²) in [5, 5.41) is 8.79. The molecular weight excluding hydrogens is 215 g/mol. The van der Waals surface area contributed by atoms with Gasteiger partial charge in [-0.25, -0.2) is 9.18 Å². The van der Waals surface area contributed by atoms with Crippen molar-refractivity contribution in [3.05, 3.63) is 23.8 Å². The van der Waals surface area contributed by atoms with Crippen LogP contribution in [-0.2, 0) is 0 Å². The molecule has 1 aromatic rings. The van der Waals surface area contributed by atoms with E-state index in [2.05, 4.69) is 0 Å². The molecule has 86 valence electrons. The second-order valence-electron chi connectivity index (χ2n) is 3.61. The van der Waals surface area contributed by atoms with Gasteiger partial charge in [-0.1, -0.05) is 0 Å². The zero-order valence-electron chi connectivity index (χ0n) is 8.64. The van der Waals surface area contributed by atoms with Crippen LogP contribution in [0.15, 0.2) is 18.2 Å². The van der Waals surface area contributed by atoms with Gasteiger partial charge in [0.15, 0.2) is 17.6 Å². The zero-order valence-corrected chi connectivity index (χ0v) is 8.64. The molecule has 0 amide bonds. The molecule has 1 heterocycles. The second-order valence-corrected chi connectivity index (χ2v) is 3.61. The highest BCUT2D eigenvalue weighted by molar-refractivity contribution is 5.88. The van der Waals surface area contributed by atoms with Crippen LogP contribution in [-0.4, -0.2) is 30.0 Å². The summed E-state index contributed by atoms with van der Waals surface area (Å²) in [6.07, 6.45) is -1.85. The quantitative estimate of drug-likeness (QED) is 0.836. The van der Waals surface area contributed by atoms with Crippen LogP contribution in [0.2, 0.25) is 0 Å². The number of aromatic carboxylic acids is 1. The minimum absolute atomic E-state index is 0.0921. The maximum absolute atomic E-state index is 13.0. The van der Waals surface area contributed by atoms with Crippen molar-refractivity contribution in [3.63, 3.8) is 0 Å². The van der Waals surface area contributed by atoms with Gasteiger partial charge in [0.05, 0.1) is 5.56 Å². The van der Waals surface area contributed by atoms with Gasteiger partial charge < -0.3 is 14.6 Å². The molecule has 0 saturated heterocycles. The molecule has 2 rings (SSSR count). The Labute approximate surface area is 91.6 Å². The molecule has 5 heteroatoms. The lowest BCUT2D eigenvalue weighted by atomic mass is 10.1. The van der Waals surface area contributed by atoms with Crippen LogP contribution >= 0.6 is 0 Å². The molecule has 0 aromatic heterocycles. The van der Waals surface area contributed by atoms with E-state index in [0.29, 0.717) is 5.75 Å². The summed E-state index contributed by atoms with van der Waals surface area (Å²) in [6.45, 7) is 1.51. The van der Waals surface area contributed by atoms with Gasteiger partial charge in [0.2, 0.25) is 0 Å². The number of alkyl halides is 1. The molecule has 2 atom stereocenters. The topological polar surface area (TPSA) is 55.8 Å². The van der Waals surface area contributed by atoms with E-state index in [1.165, 1.54) is 25.1 Å². The summed E-state index contributed by atoms with van der Waals surface area (Å²) in [7, 11) is 0. The number of carbonyl (C=O) groups is 1. The van der Waals surface area contributed by atoms with Crippen LogP contribution < -0.4 is 9.47 Å². The van der Waals surface area contributed by atoms with Gasteiger partial charge in [0.25, 0.3) is 0 Å². The zero-order chi connectivity index (χ0) is 11.7. The lowest BCUT2D eigenvalue weighted by Crippen LogP contribution is -2.35. The Morgan fingerprint density at radius 1 is 1.56 bits per heavy atom. The molecule has 1 N–H and O–H groups in total. The number of carboxylic acid groups (broad SMARTS) is 1. The lowest BCUT2D eigenvalue weighted by molar-refractivity contribution is 0.0372. The number of fused-ring (bicyclic) bond motifs is 1. The fourth-order valence-corrected chi connectivity index (χ4v) is 1.45. The number of hydrogen-bond donors (Lipinski definition) is 1. The highest BCUT2D eigenvalue weighted by Crippen LogP contribution is 2.33. The van der Waals surface area contributed by atoms with Gasteiger partial charge in [-0.05, 0) is 25.1 Å². The number of halogens is 1. The SMILES string of the molecule is CC(F)C1COc2ccc(C(=O)O)cc2O1. The minimum atomic E-state index is -1.17. The van der Waals surface area contributed by atoms with Crippen molar-refractivity contribution in [1.82, 2.24) is 0 Å². The maximum atomic E-state index is 13.0. The predicted octanol–water partition coefficient (Wildman–Crippen LogP) is 1.88. The Bertz CT molecular complexity index is 416. The Hall–Kier alpha value is -1.78. The van der Waals surface area contributed by atoms with Crippen molar-refractivity contribution in [2.24, 2.45) is 0 Å². The first kappa shape index (κ1) is 10.7. The summed E-state index contributed by atoms with van der Waals surface area (Å²) in [6, 6.07) is 4.27. The van der Waals surface area contributed by atoms with Crippen molar-refractivity contribution < 1.29 is 23.8 Å². The normalized spacial score (nSPS) is 20.2. The third kappa shape index (κ3) is 1.93. The molecule has 0 spiro atoms. The molecule has 16 heavy (non-hydrogen) atoms. The summed E-state index contributed by atoms with van der Waals surface area (Å²) < 4.78 is 23.6. The molecule has 0 radical (unpaired) electrons. The molecule has 0 aliphatic carbocycles. The largest absolute Gasteiger partial charge is 0.486 e. The van der Waals surface area contributed by atoms with Crippen molar-refractivity contribution >= 4 is 5.97 Å². The van der Waals surface area contributed by atoms with Gasteiger partial charge in [-0.15, -0.1) is 0 Å². The third-order valence-electron chi connectivity index (χ3n) is 2.38. The number of benzene rings is 1.